The lowest BCUT2D eigenvalue weighted by Crippen LogP contribution is -2.55. The standard InChI is InChI=1S/C16H31N3O2/c1-14(20)13-17-9-11-18(12-10-17)15(2)16(21)19-7-5-3-4-6-8-19/h14-15,20H,3-13H2,1-2H3/t14-,15-/m0/s1. The summed E-state index contributed by atoms with van der Waals surface area (Å²) in [7, 11) is 0. The highest BCUT2D eigenvalue weighted by atomic mass is 16.3. The Morgan fingerprint density at radius 3 is 2.05 bits per heavy atom. The topological polar surface area (TPSA) is 47.0 Å². The summed E-state index contributed by atoms with van der Waals surface area (Å²) in [6.07, 6.45) is 4.56. The Kier molecular flexibility index (Phi) is 6.45. The van der Waals surface area contributed by atoms with Crippen LogP contribution in [-0.4, -0.2) is 83.7 Å². The Morgan fingerprint density at radius 2 is 1.52 bits per heavy atom. The lowest BCUT2D eigenvalue weighted by molar-refractivity contribution is -0.137. The highest BCUT2D eigenvalue weighted by molar-refractivity contribution is 5.81. The lowest BCUT2D eigenvalue weighted by Gasteiger charge is -2.39. The maximum absolute atomic E-state index is 12.6. The van der Waals surface area contributed by atoms with Crippen molar-refractivity contribution in [1.82, 2.24) is 14.7 Å². The van der Waals surface area contributed by atoms with Gasteiger partial charge in [0.05, 0.1) is 12.1 Å². The summed E-state index contributed by atoms with van der Waals surface area (Å²) in [5.74, 6) is 0.306. The van der Waals surface area contributed by atoms with Crippen LogP contribution in [0.1, 0.15) is 39.5 Å². The molecule has 2 aliphatic rings. The number of hydrogen-bond donors (Lipinski definition) is 1. The third-order valence-electron chi connectivity index (χ3n) is 4.75. The van der Waals surface area contributed by atoms with E-state index >= 15 is 0 Å². The largest absolute Gasteiger partial charge is 0.392 e. The molecule has 0 aromatic carbocycles. The van der Waals surface area contributed by atoms with Crippen molar-refractivity contribution in [3.05, 3.63) is 0 Å². The maximum Gasteiger partial charge on any atom is 0.239 e. The molecule has 0 aliphatic carbocycles. The summed E-state index contributed by atoms with van der Waals surface area (Å²) in [5, 5.41) is 9.45. The average Bonchev–Trinajstić information content (AvgIpc) is 2.75. The smallest absolute Gasteiger partial charge is 0.239 e. The first-order chi connectivity index (χ1) is 10.1. The third kappa shape index (κ3) is 4.94. The molecule has 0 aromatic rings. The van der Waals surface area contributed by atoms with Gasteiger partial charge in [0.1, 0.15) is 0 Å². The van der Waals surface area contributed by atoms with E-state index in [9.17, 15) is 9.90 Å². The van der Waals surface area contributed by atoms with Crippen molar-refractivity contribution >= 4 is 5.91 Å². The number of amides is 1. The van der Waals surface area contributed by atoms with E-state index in [1.165, 1.54) is 12.8 Å². The van der Waals surface area contributed by atoms with Gasteiger partial charge in [0.25, 0.3) is 0 Å². The summed E-state index contributed by atoms with van der Waals surface area (Å²) in [5.41, 5.74) is 0. The van der Waals surface area contributed by atoms with Crippen molar-refractivity contribution in [1.29, 1.82) is 0 Å². The number of aliphatic hydroxyl groups excluding tert-OH is 1. The lowest BCUT2D eigenvalue weighted by atomic mass is 10.2. The number of piperazine rings is 1. The molecule has 0 aromatic heterocycles. The Hall–Kier alpha value is -0.650. The molecule has 2 atom stereocenters. The predicted molar refractivity (Wildman–Crippen MR) is 84.2 cm³/mol. The first-order valence-electron chi connectivity index (χ1n) is 8.51. The molecule has 1 N–H and O–H groups in total. The van der Waals surface area contributed by atoms with Crippen LogP contribution in [0.5, 0.6) is 0 Å². The summed E-state index contributed by atoms with van der Waals surface area (Å²) >= 11 is 0. The number of carbonyl (C=O) groups excluding carboxylic acids is 1. The van der Waals surface area contributed by atoms with Gasteiger partial charge in [-0.15, -0.1) is 0 Å². The molecule has 2 aliphatic heterocycles. The summed E-state index contributed by atoms with van der Waals surface area (Å²) < 4.78 is 0. The second-order valence-corrected chi connectivity index (χ2v) is 6.60. The minimum absolute atomic E-state index is 0.00296. The minimum Gasteiger partial charge on any atom is -0.392 e. The second kappa shape index (κ2) is 8.11. The van der Waals surface area contributed by atoms with Crippen LogP contribution in [0.25, 0.3) is 0 Å². The van der Waals surface area contributed by atoms with Gasteiger partial charge in [0.2, 0.25) is 5.91 Å². The molecule has 2 saturated heterocycles. The van der Waals surface area contributed by atoms with Crippen LogP contribution in [0.15, 0.2) is 0 Å². The van der Waals surface area contributed by atoms with Gasteiger partial charge in [-0.05, 0) is 26.7 Å². The maximum atomic E-state index is 12.6. The summed E-state index contributed by atoms with van der Waals surface area (Å²) in [6, 6.07) is -0.00296. The van der Waals surface area contributed by atoms with Crippen molar-refractivity contribution in [2.24, 2.45) is 0 Å². The number of β-amino-alcohol motifs (C(OH)–C–C–N with tert-alkyl or cyclic N) is 1. The fourth-order valence-electron chi connectivity index (χ4n) is 3.42. The zero-order valence-corrected chi connectivity index (χ0v) is 13.6. The molecule has 0 spiro atoms. The normalized spacial score (nSPS) is 25.4. The first-order valence-corrected chi connectivity index (χ1v) is 8.51. The highest BCUT2D eigenvalue weighted by Gasteiger charge is 2.29. The van der Waals surface area contributed by atoms with E-state index in [2.05, 4.69) is 21.6 Å². The predicted octanol–water partition coefficient (Wildman–Crippen LogP) is 0.776. The first kappa shape index (κ1) is 16.7. The molecule has 21 heavy (non-hydrogen) atoms. The molecule has 2 fully saturated rings. The van der Waals surface area contributed by atoms with Crippen LogP contribution >= 0.6 is 0 Å². The van der Waals surface area contributed by atoms with Gasteiger partial charge < -0.3 is 10.0 Å². The van der Waals surface area contributed by atoms with Crippen molar-refractivity contribution in [3.63, 3.8) is 0 Å². The van der Waals surface area contributed by atoms with E-state index in [0.717, 1.165) is 58.7 Å². The van der Waals surface area contributed by atoms with Crippen LogP contribution in [-0.2, 0) is 4.79 Å². The van der Waals surface area contributed by atoms with E-state index in [4.69, 9.17) is 0 Å². The van der Waals surface area contributed by atoms with Gasteiger partial charge in [-0.2, -0.15) is 0 Å². The minimum atomic E-state index is -0.271. The molecule has 2 heterocycles. The SMILES string of the molecule is C[C@H](O)CN1CCN([C@@H](C)C(=O)N2CCCCCC2)CC1. The monoisotopic (exact) mass is 297 g/mol. The van der Waals surface area contributed by atoms with Crippen molar-refractivity contribution in [2.45, 2.75) is 51.7 Å². The molecular weight excluding hydrogens is 266 g/mol. The van der Waals surface area contributed by atoms with Crippen molar-refractivity contribution in [3.8, 4) is 0 Å². The molecule has 0 saturated carbocycles. The van der Waals surface area contributed by atoms with Gasteiger partial charge in [-0.25, -0.2) is 0 Å². The molecule has 0 bridgehead atoms. The van der Waals surface area contributed by atoms with Crippen LogP contribution in [0.2, 0.25) is 0 Å². The number of nitrogens with zero attached hydrogens (tertiary/aromatic N) is 3. The van der Waals surface area contributed by atoms with E-state index < -0.39 is 0 Å². The van der Waals surface area contributed by atoms with Crippen molar-refractivity contribution < 1.29 is 9.90 Å². The van der Waals surface area contributed by atoms with Crippen molar-refractivity contribution in [2.75, 3.05) is 45.8 Å². The molecule has 1 amide bonds. The quantitative estimate of drug-likeness (QED) is 0.833. The van der Waals surface area contributed by atoms with Gasteiger partial charge in [0, 0.05) is 45.8 Å². The fourth-order valence-corrected chi connectivity index (χ4v) is 3.42. The van der Waals surface area contributed by atoms with Gasteiger partial charge in [-0.1, -0.05) is 12.8 Å². The Labute approximate surface area is 128 Å². The number of hydrogen-bond acceptors (Lipinski definition) is 4. The zero-order valence-electron chi connectivity index (χ0n) is 13.6. The van der Waals surface area contributed by atoms with Gasteiger partial charge in [0.15, 0.2) is 0 Å². The van der Waals surface area contributed by atoms with Gasteiger partial charge in [-0.3, -0.25) is 14.6 Å². The van der Waals surface area contributed by atoms with Crippen LogP contribution in [0.4, 0.5) is 0 Å². The summed E-state index contributed by atoms with van der Waals surface area (Å²) in [6.45, 7) is 10.2. The molecule has 0 radical (unpaired) electrons. The molecule has 122 valence electrons. The Morgan fingerprint density at radius 1 is 0.952 bits per heavy atom. The van der Waals surface area contributed by atoms with Crippen LogP contribution in [0.3, 0.4) is 0 Å². The fraction of sp³-hybridized carbons (Fsp3) is 0.938. The van der Waals surface area contributed by atoms with Crippen LogP contribution < -0.4 is 0 Å². The highest BCUT2D eigenvalue weighted by Crippen LogP contribution is 2.14. The number of rotatable bonds is 4. The molecule has 5 heteroatoms. The molecule has 0 unspecified atom stereocenters. The summed E-state index contributed by atoms with van der Waals surface area (Å²) in [4.78, 5) is 19.3. The molecule has 5 nitrogen and oxygen atoms in total. The molecular formula is C16H31N3O2. The van der Waals surface area contributed by atoms with E-state index in [1.54, 1.807) is 0 Å². The molecule has 2 rings (SSSR count). The van der Waals surface area contributed by atoms with E-state index in [1.807, 2.05) is 6.92 Å². The van der Waals surface area contributed by atoms with Gasteiger partial charge >= 0.3 is 0 Å². The van der Waals surface area contributed by atoms with Crippen LogP contribution in [0, 0.1) is 0 Å². The third-order valence-corrected chi connectivity index (χ3v) is 4.75. The van der Waals surface area contributed by atoms with E-state index in [-0.39, 0.29) is 12.1 Å². The average molecular weight is 297 g/mol. The Bertz CT molecular complexity index is 319. The van der Waals surface area contributed by atoms with E-state index in [0.29, 0.717) is 5.91 Å². The Balaban J connectivity index is 1.80. The number of aliphatic hydroxyl groups is 1. The zero-order chi connectivity index (χ0) is 15.2. The second-order valence-electron chi connectivity index (χ2n) is 6.60. The number of carbonyl (C=O) groups is 1. The number of likely N-dealkylation sites (tertiary alicyclic amines) is 1.